The van der Waals surface area contributed by atoms with Gasteiger partial charge in [0, 0.05) is 43.6 Å². The van der Waals surface area contributed by atoms with Gasteiger partial charge < -0.3 is 24.8 Å². The van der Waals surface area contributed by atoms with Crippen LogP contribution in [0.1, 0.15) is 76.0 Å². The van der Waals surface area contributed by atoms with Gasteiger partial charge in [-0.25, -0.2) is 4.79 Å². The van der Waals surface area contributed by atoms with Gasteiger partial charge in [0.1, 0.15) is 5.75 Å². The van der Waals surface area contributed by atoms with Crippen molar-refractivity contribution < 1.29 is 29.0 Å². The summed E-state index contributed by atoms with van der Waals surface area (Å²) in [6, 6.07) is 3.77. The molecule has 0 saturated carbocycles. The fourth-order valence-corrected chi connectivity index (χ4v) is 4.01. The molecule has 0 aromatic heterocycles. The number of hydrogen-bond acceptors (Lipinski definition) is 5. The topological polar surface area (TPSA) is 105 Å². The fraction of sp³-hybridized carbons (Fsp3) is 0.536. The number of fused-ring (bicyclic) bond motifs is 1. The number of aliphatic carboxylic acids is 1. The SMILES string of the molecule is C=C(CC)CCC(=O)N/C(=C/C)CCOc1ccc(CCC(=O)O)c2c1CCN(C(=O)OCCC)C2. The van der Waals surface area contributed by atoms with Gasteiger partial charge >= 0.3 is 12.1 Å². The molecule has 0 radical (unpaired) electrons. The zero-order valence-electron chi connectivity index (χ0n) is 21.9. The number of ether oxygens (including phenoxy) is 2. The molecule has 1 heterocycles. The van der Waals surface area contributed by atoms with Crippen molar-refractivity contribution in [3.8, 4) is 5.75 Å². The Labute approximate surface area is 214 Å². The van der Waals surface area contributed by atoms with Crippen molar-refractivity contribution in [2.24, 2.45) is 0 Å². The summed E-state index contributed by atoms with van der Waals surface area (Å²) in [5.74, 6) is -0.168. The van der Waals surface area contributed by atoms with Gasteiger partial charge in [0.15, 0.2) is 0 Å². The van der Waals surface area contributed by atoms with Crippen LogP contribution in [0.15, 0.2) is 36.1 Å². The molecule has 0 saturated heterocycles. The Hall–Kier alpha value is -3.29. The average molecular weight is 501 g/mol. The summed E-state index contributed by atoms with van der Waals surface area (Å²) in [5, 5.41) is 12.1. The molecule has 198 valence electrons. The maximum atomic E-state index is 12.4. The van der Waals surface area contributed by atoms with Gasteiger partial charge in [0.25, 0.3) is 0 Å². The summed E-state index contributed by atoms with van der Waals surface area (Å²) >= 11 is 0. The minimum absolute atomic E-state index is 0.0167. The first-order valence-corrected chi connectivity index (χ1v) is 12.8. The highest BCUT2D eigenvalue weighted by atomic mass is 16.6. The van der Waals surface area contributed by atoms with E-state index in [1.54, 1.807) is 4.90 Å². The third-order valence-corrected chi connectivity index (χ3v) is 6.24. The molecular weight excluding hydrogens is 460 g/mol. The first kappa shape index (κ1) is 28.9. The van der Waals surface area contributed by atoms with Gasteiger partial charge in [-0.2, -0.15) is 0 Å². The molecule has 0 bridgehead atoms. The highest BCUT2D eigenvalue weighted by Crippen LogP contribution is 2.32. The van der Waals surface area contributed by atoms with Crippen molar-refractivity contribution in [3.05, 3.63) is 52.7 Å². The van der Waals surface area contributed by atoms with E-state index in [0.717, 1.165) is 46.6 Å². The summed E-state index contributed by atoms with van der Waals surface area (Å²) in [5.41, 5.74) is 4.71. The predicted octanol–water partition coefficient (Wildman–Crippen LogP) is 5.14. The number of benzene rings is 1. The number of nitrogens with zero attached hydrogens (tertiary/aromatic N) is 1. The van der Waals surface area contributed by atoms with E-state index < -0.39 is 5.97 Å². The number of carboxylic acids is 1. The van der Waals surface area contributed by atoms with Crippen LogP contribution in [-0.2, 0) is 33.7 Å². The average Bonchev–Trinajstić information content (AvgIpc) is 2.88. The van der Waals surface area contributed by atoms with Gasteiger partial charge in [-0.3, -0.25) is 9.59 Å². The number of carbonyl (C=O) groups excluding carboxylic acids is 2. The van der Waals surface area contributed by atoms with Gasteiger partial charge in [-0.05, 0) is 56.2 Å². The predicted molar refractivity (Wildman–Crippen MR) is 139 cm³/mol. The molecule has 0 atom stereocenters. The van der Waals surface area contributed by atoms with Crippen LogP contribution in [0.25, 0.3) is 0 Å². The quantitative estimate of drug-likeness (QED) is 0.343. The van der Waals surface area contributed by atoms with Gasteiger partial charge in [-0.15, -0.1) is 0 Å². The van der Waals surface area contributed by atoms with E-state index in [1.807, 2.05) is 39.0 Å². The van der Waals surface area contributed by atoms with E-state index >= 15 is 0 Å². The van der Waals surface area contributed by atoms with E-state index in [0.29, 0.717) is 58.4 Å². The van der Waals surface area contributed by atoms with Crippen LogP contribution in [0, 0.1) is 0 Å². The normalized spacial score (nSPS) is 13.1. The van der Waals surface area contributed by atoms with Crippen LogP contribution < -0.4 is 10.1 Å². The summed E-state index contributed by atoms with van der Waals surface area (Å²) in [6.45, 7) is 11.4. The lowest BCUT2D eigenvalue weighted by Gasteiger charge is -2.31. The number of nitrogens with one attached hydrogen (secondary N) is 1. The zero-order valence-corrected chi connectivity index (χ0v) is 21.9. The maximum Gasteiger partial charge on any atom is 0.410 e. The van der Waals surface area contributed by atoms with Crippen LogP contribution >= 0.6 is 0 Å². The second-order valence-corrected chi connectivity index (χ2v) is 8.92. The number of amides is 2. The molecule has 1 aromatic rings. The number of carbonyl (C=O) groups is 3. The molecule has 1 aliphatic rings. The van der Waals surface area contributed by atoms with Crippen LogP contribution in [0.3, 0.4) is 0 Å². The van der Waals surface area contributed by atoms with Crippen LogP contribution in [0.5, 0.6) is 5.75 Å². The third-order valence-electron chi connectivity index (χ3n) is 6.24. The molecule has 0 aliphatic carbocycles. The minimum Gasteiger partial charge on any atom is -0.493 e. The van der Waals surface area contributed by atoms with E-state index in [2.05, 4.69) is 11.9 Å². The lowest BCUT2D eigenvalue weighted by Crippen LogP contribution is -2.37. The van der Waals surface area contributed by atoms with Crippen LogP contribution in [-0.4, -0.2) is 47.7 Å². The second-order valence-electron chi connectivity index (χ2n) is 8.92. The molecule has 2 N–H and O–H groups in total. The third kappa shape index (κ3) is 9.06. The lowest BCUT2D eigenvalue weighted by molar-refractivity contribution is -0.137. The smallest absolute Gasteiger partial charge is 0.410 e. The molecule has 1 aromatic carbocycles. The van der Waals surface area contributed by atoms with Gasteiger partial charge in [-0.1, -0.05) is 38.1 Å². The van der Waals surface area contributed by atoms with Crippen molar-refractivity contribution in [2.45, 2.75) is 78.7 Å². The Balaban J connectivity index is 2.06. The number of carboxylic acid groups (broad SMARTS) is 1. The number of allylic oxidation sites excluding steroid dienone is 2. The van der Waals surface area contributed by atoms with Crippen molar-refractivity contribution in [2.75, 3.05) is 19.8 Å². The largest absolute Gasteiger partial charge is 0.493 e. The Morgan fingerprint density at radius 1 is 1.11 bits per heavy atom. The van der Waals surface area contributed by atoms with E-state index in [-0.39, 0.29) is 18.4 Å². The van der Waals surface area contributed by atoms with Crippen molar-refractivity contribution in [3.63, 3.8) is 0 Å². The van der Waals surface area contributed by atoms with Gasteiger partial charge in [0.2, 0.25) is 5.91 Å². The Bertz CT molecular complexity index is 969. The number of hydrogen-bond donors (Lipinski definition) is 2. The minimum atomic E-state index is -0.862. The monoisotopic (exact) mass is 500 g/mol. The molecule has 2 amide bonds. The van der Waals surface area contributed by atoms with E-state index in [1.165, 1.54) is 0 Å². The molecule has 36 heavy (non-hydrogen) atoms. The van der Waals surface area contributed by atoms with Crippen molar-refractivity contribution in [1.29, 1.82) is 0 Å². The summed E-state index contributed by atoms with van der Waals surface area (Å²) in [4.78, 5) is 37.5. The Morgan fingerprint density at radius 2 is 1.89 bits per heavy atom. The van der Waals surface area contributed by atoms with E-state index in [4.69, 9.17) is 14.6 Å². The summed E-state index contributed by atoms with van der Waals surface area (Å²) in [6.07, 6.45) is 5.78. The standard InChI is InChI=1S/C28H40N2O6/c1-5-17-36-28(34)30-16-14-23-24(19-30)21(10-13-27(32)33)9-11-25(23)35-18-15-22(7-3)29-26(31)12-8-20(4)6-2/h7,9,11H,4-6,8,10,12-19H2,1-3H3,(H,29,31)(H,32,33)/b22-7+. The zero-order chi connectivity index (χ0) is 26.5. The molecule has 1 aliphatic heterocycles. The fourth-order valence-electron chi connectivity index (χ4n) is 4.01. The lowest BCUT2D eigenvalue weighted by atomic mass is 9.92. The highest BCUT2D eigenvalue weighted by molar-refractivity contribution is 5.78. The van der Waals surface area contributed by atoms with Crippen LogP contribution in [0.4, 0.5) is 4.79 Å². The Kier molecular flexibility index (Phi) is 12.0. The number of aryl methyl sites for hydroxylation is 1. The molecule has 8 heteroatoms. The van der Waals surface area contributed by atoms with Gasteiger partial charge in [0.05, 0.1) is 13.2 Å². The van der Waals surface area contributed by atoms with Crippen molar-refractivity contribution >= 4 is 18.0 Å². The summed E-state index contributed by atoms with van der Waals surface area (Å²) in [7, 11) is 0. The molecule has 0 fully saturated rings. The molecule has 8 nitrogen and oxygen atoms in total. The molecule has 0 spiro atoms. The van der Waals surface area contributed by atoms with E-state index in [9.17, 15) is 14.4 Å². The maximum absolute atomic E-state index is 12.4. The first-order valence-electron chi connectivity index (χ1n) is 12.8. The molecular formula is C28H40N2O6. The number of rotatable bonds is 14. The molecule has 0 unspecified atom stereocenters. The Morgan fingerprint density at radius 3 is 2.56 bits per heavy atom. The summed E-state index contributed by atoms with van der Waals surface area (Å²) < 4.78 is 11.4. The van der Waals surface area contributed by atoms with Crippen molar-refractivity contribution in [1.82, 2.24) is 10.2 Å². The second kappa shape index (κ2) is 15.0. The highest BCUT2D eigenvalue weighted by Gasteiger charge is 2.26. The molecule has 2 rings (SSSR count). The van der Waals surface area contributed by atoms with Crippen LogP contribution in [0.2, 0.25) is 0 Å². The first-order chi connectivity index (χ1) is 17.3.